The minimum atomic E-state index is 0.381. The van der Waals surface area contributed by atoms with Gasteiger partial charge in [-0.3, -0.25) is 11.3 Å². The van der Waals surface area contributed by atoms with Crippen LogP contribution in [0.3, 0.4) is 0 Å². The van der Waals surface area contributed by atoms with E-state index in [1.54, 1.807) is 0 Å². The molecule has 0 aliphatic carbocycles. The first-order valence-corrected chi connectivity index (χ1v) is 5.63. The van der Waals surface area contributed by atoms with Crippen LogP contribution in [0.15, 0.2) is 24.3 Å². The van der Waals surface area contributed by atoms with E-state index in [1.165, 1.54) is 11.1 Å². The molecular weight excluding hydrogens is 184 g/mol. The standard InChI is InChI=1S/C13H22N2/c1-10(2)7-13(15-14)9-12-6-4-5-11(3)8-12/h4-6,8,10,13,15H,7,9,14H2,1-3H3. The van der Waals surface area contributed by atoms with Crippen LogP contribution < -0.4 is 11.3 Å². The van der Waals surface area contributed by atoms with Gasteiger partial charge in [-0.2, -0.15) is 0 Å². The van der Waals surface area contributed by atoms with Gasteiger partial charge in [0.2, 0.25) is 0 Å². The molecule has 84 valence electrons. The second-order valence-corrected chi connectivity index (χ2v) is 4.69. The maximum absolute atomic E-state index is 5.56. The number of hydrogen-bond donors (Lipinski definition) is 2. The third kappa shape index (κ3) is 4.45. The molecule has 0 spiro atoms. The van der Waals surface area contributed by atoms with Crippen molar-refractivity contribution in [2.24, 2.45) is 11.8 Å². The zero-order chi connectivity index (χ0) is 11.3. The van der Waals surface area contributed by atoms with E-state index in [0.717, 1.165) is 12.8 Å². The fourth-order valence-electron chi connectivity index (χ4n) is 1.90. The Labute approximate surface area is 92.8 Å². The van der Waals surface area contributed by atoms with Gasteiger partial charge in [0.15, 0.2) is 0 Å². The Balaban J connectivity index is 2.58. The molecule has 0 aromatic heterocycles. The van der Waals surface area contributed by atoms with Gasteiger partial charge >= 0.3 is 0 Å². The Morgan fingerprint density at radius 1 is 1.33 bits per heavy atom. The quantitative estimate of drug-likeness (QED) is 0.573. The molecule has 0 aliphatic rings. The van der Waals surface area contributed by atoms with Crippen molar-refractivity contribution in [3.8, 4) is 0 Å². The molecular formula is C13H22N2. The highest BCUT2D eigenvalue weighted by molar-refractivity contribution is 5.22. The van der Waals surface area contributed by atoms with Crippen molar-refractivity contribution in [2.75, 3.05) is 0 Å². The second-order valence-electron chi connectivity index (χ2n) is 4.69. The molecule has 0 amide bonds. The first-order valence-electron chi connectivity index (χ1n) is 5.63. The molecule has 1 rings (SSSR count). The molecule has 2 heteroatoms. The van der Waals surface area contributed by atoms with Gasteiger partial charge in [-0.15, -0.1) is 0 Å². The Morgan fingerprint density at radius 3 is 2.60 bits per heavy atom. The van der Waals surface area contributed by atoms with E-state index in [4.69, 9.17) is 5.84 Å². The number of hydrazine groups is 1. The van der Waals surface area contributed by atoms with Crippen LogP contribution in [0.1, 0.15) is 31.4 Å². The summed E-state index contributed by atoms with van der Waals surface area (Å²) in [4.78, 5) is 0. The van der Waals surface area contributed by atoms with Gasteiger partial charge < -0.3 is 0 Å². The predicted octanol–water partition coefficient (Wildman–Crippen LogP) is 2.42. The Kier molecular flexibility index (Phi) is 4.79. The Bertz CT molecular complexity index is 294. The maximum atomic E-state index is 5.56. The second kappa shape index (κ2) is 5.89. The van der Waals surface area contributed by atoms with Crippen LogP contribution in [0.25, 0.3) is 0 Å². The average Bonchev–Trinajstić information content (AvgIpc) is 2.16. The predicted molar refractivity (Wildman–Crippen MR) is 65.4 cm³/mol. The number of rotatable bonds is 5. The highest BCUT2D eigenvalue weighted by Crippen LogP contribution is 2.11. The summed E-state index contributed by atoms with van der Waals surface area (Å²) in [6.45, 7) is 6.57. The van der Waals surface area contributed by atoms with Crippen LogP contribution in [0.4, 0.5) is 0 Å². The van der Waals surface area contributed by atoms with Crippen molar-refractivity contribution in [1.82, 2.24) is 5.43 Å². The molecule has 1 aromatic carbocycles. The van der Waals surface area contributed by atoms with Crippen LogP contribution in [-0.4, -0.2) is 6.04 Å². The highest BCUT2D eigenvalue weighted by Gasteiger charge is 2.09. The lowest BCUT2D eigenvalue weighted by molar-refractivity contribution is 0.423. The summed E-state index contributed by atoms with van der Waals surface area (Å²) in [6, 6.07) is 9.00. The molecule has 0 saturated heterocycles. The lowest BCUT2D eigenvalue weighted by Gasteiger charge is -2.18. The van der Waals surface area contributed by atoms with Gasteiger partial charge in [0.05, 0.1) is 0 Å². The van der Waals surface area contributed by atoms with Gasteiger partial charge in [0.1, 0.15) is 0 Å². The van der Waals surface area contributed by atoms with E-state index >= 15 is 0 Å². The van der Waals surface area contributed by atoms with Crippen molar-refractivity contribution in [2.45, 2.75) is 39.7 Å². The SMILES string of the molecule is Cc1cccc(CC(CC(C)C)NN)c1. The monoisotopic (exact) mass is 206 g/mol. The van der Waals surface area contributed by atoms with E-state index in [2.05, 4.69) is 50.5 Å². The Hall–Kier alpha value is -0.860. The van der Waals surface area contributed by atoms with Gasteiger partial charge in [0, 0.05) is 6.04 Å². The third-order valence-electron chi connectivity index (χ3n) is 2.56. The van der Waals surface area contributed by atoms with E-state index in [-0.39, 0.29) is 0 Å². The number of benzene rings is 1. The van der Waals surface area contributed by atoms with Crippen LogP contribution in [0, 0.1) is 12.8 Å². The van der Waals surface area contributed by atoms with E-state index in [9.17, 15) is 0 Å². The van der Waals surface area contributed by atoms with E-state index in [1.807, 2.05) is 0 Å². The number of nitrogens with two attached hydrogens (primary N) is 1. The Morgan fingerprint density at radius 2 is 2.07 bits per heavy atom. The summed E-state index contributed by atoms with van der Waals surface area (Å²) in [6.07, 6.45) is 2.13. The lowest BCUT2D eigenvalue weighted by atomic mass is 9.97. The molecule has 15 heavy (non-hydrogen) atoms. The molecule has 3 N–H and O–H groups in total. The molecule has 0 aliphatic heterocycles. The molecule has 0 bridgehead atoms. The fourth-order valence-corrected chi connectivity index (χ4v) is 1.90. The molecule has 0 radical (unpaired) electrons. The molecule has 1 unspecified atom stereocenters. The first-order chi connectivity index (χ1) is 7.11. The van der Waals surface area contributed by atoms with Crippen LogP contribution >= 0.6 is 0 Å². The van der Waals surface area contributed by atoms with Crippen molar-refractivity contribution in [3.63, 3.8) is 0 Å². The smallest absolute Gasteiger partial charge is 0.0253 e. The number of hydrogen-bond acceptors (Lipinski definition) is 2. The van der Waals surface area contributed by atoms with Gasteiger partial charge in [-0.1, -0.05) is 43.7 Å². The summed E-state index contributed by atoms with van der Waals surface area (Å²) in [5, 5.41) is 0. The van der Waals surface area contributed by atoms with Gasteiger partial charge in [-0.05, 0) is 31.2 Å². The van der Waals surface area contributed by atoms with Crippen molar-refractivity contribution in [1.29, 1.82) is 0 Å². The van der Waals surface area contributed by atoms with Crippen LogP contribution in [-0.2, 0) is 6.42 Å². The molecule has 0 saturated carbocycles. The van der Waals surface area contributed by atoms with E-state index < -0.39 is 0 Å². The van der Waals surface area contributed by atoms with Crippen molar-refractivity contribution in [3.05, 3.63) is 35.4 Å². The summed E-state index contributed by atoms with van der Waals surface area (Å²) < 4.78 is 0. The van der Waals surface area contributed by atoms with Crippen LogP contribution in [0.2, 0.25) is 0 Å². The maximum Gasteiger partial charge on any atom is 0.0253 e. The van der Waals surface area contributed by atoms with Crippen LogP contribution in [0.5, 0.6) is 0 Å². The van der Waals surface area contributed by atoms with Crippen molar-refractivity contribution >= 4 is 0 Å². The normalized spacial score (nSPS) is 13.1. The fraction of sp³-hybridized carbons (Fsp3) is 0.538. The lowest BCUT2D eigenvalue weighted by Crippen LogP contribution is -2.37. The summed E-state index contributed by atoms with van der Waals surface area (Å²) in [7, 11) is 0. The first kappa shape index (κ1) is 12.2. The van der Waals surface area contributed by atoms with E-state index in [0.29, 0.717) is 12.0 Å². The van der Waals surface area contributed by atoms with Crippen molar-refractivity contribution < 1.29 is 0 Å². The molecule has 0 heterocycles. The zero-order valence-electron chi connectivity index (χ0n) is 9.96. The molecule has 0 fully saturated rings. The minimum absolute atomic E-state index is 0.381. The van der Waals surface area contributed by atoms with Gasteiger partial charge in [0.25, 0.3) is 0 Å². The summed E-state index contributed by atoms with van der Waals surface area (Å²) in [5.41, 5.74) is 5.57. The average molecular weight is 206 g/mol. The largest absolute Gasteiger partial charge is 0.271 e. The molecule has 1 atom stereocenters. The molecule has 2 nitrogen and oxygen atoms in total. The summed E-state index contributed by atoms with van der Waals surface area (Å²) in [5.74, 6) is 6.23. The van der Waals surface area contributed by atoms with Gasteiger partial charge in [-0.25, -0.2) is 0 Å². The zero-order valence-corrected chi connectivity index (χ0v) is 9.96. The third-order valence-corrected chi connectivity index (χ3v) is 2.56. The topological polar surface area (TPSA) is 38.0 Å². The summed E-state index contributed by atoms with van der Waals surface area (Å²) >= 11 is 0. The minimum Gasteiger partial charge on any atom is -0.271 e. The highest BCUT2D eigenvalue weighted by atomic mass is 15.2. The molecule has 1 aromatic rings. The number of aryl methyl sites for hydroxylation is 1. The number of nitrogens with one attached hydrogen (secondary N) is 1.